The molecular weight excluding hydrogens is 264 g/mol. The summed E-state index contributed by atoms with van der Waals surface area (Å²) in [5, 5.41) is 22.4. The number of nitrogens with one attached hydrogen (secondary N) is 1. The van der Waals surface area contributed by atoms with Crippen molar-refractivity contribution in [2.75, 3.05) is 13.2 Å². The lowest BCUT2D eigenvalue weighted by atomic mass is 10.1. The van der Waals surface area contributed by atoms with Gasteiger partial charge in [-0.15, -0.1) is 0 Å². The molecule has 1 unspecified atom stereocenters. The van der Waals surface area contributed by atoms with Gasteiger partial charge in [0.1, 0.15) is 0 Å². The number of aliphatic hydroxyl groups is 1. The molecule has 7 nitrogen and oxygen atoms in total. The molecule has 2 N–H and O–H groups in total. The van der Waals surface area contributed by atoms with Crippen molar-refractivity contribution >= 4 is 11.6 Å². The first kappa shape index (κ1) is 15.9. The van der Waals surface area contributed by atoms with E-state index < -0.39 is 10.8 Å². The predicted molar refractivity (Wildman–Crippen MR) is 72.9 cm³/mol. The molecule has 7 heteroatoms. The number of amides is 1. The van der Waals surface area contributed by atoms with Crippen molar-refractivity contribution in [3.8, 4) is 5.75 Å². The smallest absolute Gasteiger partial charge is 0.311 e. The third-order valence-corrected chi connectivity index (χ3v) is 2.66. The number of carbonyl (C=O) groups is 1. The lowest BCUT2D eigenvalue weighted by molar-refractivity contribution is -0.385. The number of benzene rings is 1. The standard InChI is InChI=1S/C13H18N2O5/c1-3-20-12-10(5-4-6-11(12)15(18)19)13(17)14-9(2)7-8-16/h4-6,9,16H,3,7-8H2,1-2H3,(H,14,17). The van der Waals surface area contributed by atoms with Crippen LogP contribution in [-0.2, 0) is 0 Å². The van der Waals surface area contributed by atoms with E-state index in [4.69, 9.17) is 9.84 Å². The topological polar surface area (TPSA) is 102 Å². The summed E-state index contributed by atoms with van der Waals surface area (Å²) in [6.45, 7) is 3.60. The minimum atomic E-state index is -0.584. The molecule has 0 aliphatic carbocycles. The Hall–Kier alpha value is -2.15. The first-order valence-corrected chi connectivity index (χ1v) is 6.33. The van der Waals surface area contributed by atoms with Crippen LogP contribution >= 0.6 is 0 Å². The zero-order chi connectivity index (χ0) is 15.1. The fraction of sp³-hybridized carbons (Fsp3) is 0.462. The van der Waals surface area contributed by atoms with E-state index in [1.54, 1.807) is 13.8 Å². The summed E-state index contributed by atoms with van der Waals surface area (Å²) in [4.78, 5) is 22.5. The lowest BCUT2D eigenvalue weighted by Gasteiger charge is -2.14. The van der Waals surface area contributed by atoms with Crippen LogP contribution in [0, 0.1) is 10.1 Å². The number of ether oxygens (including phenoxy) is 1. The summed E-state index contributed by atoms with van der Waals surface area (Å²) in [5.74, 6) is -0.494. The van der Waals surface area contributed by atoms with Crippen molar-refractivity contribution in [2.45, 2.75) is 26.3 Å². The van der Waals surface area contributed by atoms with E-state index in [9.17, 15) is 14.9 Å². The third-order valence-electron chi connectivity index (χ3n) is 2.66. The van der Waals surface area contributed by atoms with Crippen molar-refractivity contribution in [3.63, 3.8) is 0 Å². The highest BCUT2D eigenvalue weighted by Crippen LogP contribution is 2.30. The second-order valence-corrected chi connectivity index (χ2v) is 4.23. The molecule has 0 saturated heterocycles. The number of nitrogens with zero attached hydrogens (tertiary/aromatic N) is 1. The number of nitro groups is 1. The normalized spacial score (nSPS) is 11.8. The molecule has 0 spiro atoms. The summed E-state index contributed by atoms with van der Waals surface area (Å²) in [6.07, 6.45) is 0.407. The van der Waals surface area contributed by atoms with Crippen molar-refractivity contribution in [3.05, 3.63) is 33.9 Å². The zero-order valence-electron chi connectivity index (χ0n) is 11.5. The summed E-state index contributed by atoms with van der Waals surface area (Å²) >= 11 is 0. The van der Waals surface area contributed by atoms with Gasteiger partial charge in [0.25, 0.3) is 5.91 Å². The first-order chi connectivity index (χ1) is 9.51. The maximum absolute atomic E-state index is 12.1. The van der Waals surface area contributed by atoms with Crippen LogP contribution < -0.4 is 10.1 Å². The second-order valence-electron chi connectivity index (χ2n) is 4.23. The van der Waals surface area contributed by atoms with Crippen molar-refractivity contribution < 1.29 is 19.6 Å². The van der Waals surface area contributed by atoms with E-state index in [0.29, 0.717) is 6.42 Å². The molecule has 1 aromatic carbocycles. The molecule has 0 aromatic heterocycles. The molecule has 1 amide bonds. The quantitative estimate of drug-likeness (QED) is 0.582. The molecule has 110 valence electrons. The van der Waals surface area contributed by atoms with Gasteiger partial charge in [-0.3, -0.25) is 14.9 Å². The van der Waals surface area contributed by atoms with Crippen LogP contribution in [-0.4, -0.2) is 35.2 Å². The molecular formula is C13H18N2O5. The maximum Gasteiger partial charge on any atom is 0.311 e. The molecule has 0 aliphatic heterocycles. The number of carbonyl (C=O) groups excluding carboxylic acids is 1. The summed E-state index contributed by atoms with van der Waals surface area (Å²) in [7, 11) is 0. The molecule has 1 rings (SSSR count). The Labute approximate surface area is 116 Å². The molecule has 1 aromatic rings. The van der Waals surface area contributed by atoms with Gasteiger partial charge in [-0.2, -0.15) is 0 Å². The van der Waals surface area contributed by atoms with Crippen LogP contribution in [0.15, 0.2) is 18.2 Å². The largest absolute Gasteiger partial charge is 0.487 e. The highest BCUT2D eigenvalue weighted by Gasteiger charge is 2.23. The number of para-hydroxylation sites is 1. The Morgan fingerprint density at radius 3 is 2.80 bits per heavy atom. The zero-order valence-corrected chi connectivity index (χ0v) is 11.5. The van der Waals surface area contributed by atoms with Gasteiger partial charge in [0.15, 0.2) is 0 Å². The van der Waals surface area contributed by atoms with E-state index in [2.05, 4.69) is 5.32 Å². The van der Waals surface area contributed by atoms with E-state index in [1.165, 1.54) is 18.2 Å². The van der Waals surface area contributed by atoms with Crippen LogP contribution in [0.25, 0.3) is 0 Å². The number of hydrogen-bond acceptors (Lipinski definition) is 5. The van der Waals surface area contributed by atoms with Gasteiger partial charge in [-0.05, 0) is 26.3 Å². The molecule has 0 fully saturated rings. The van der Waals surface area contributed by atoms with E-state index in [0.717, 1.165) is 0 Å². The van der Waals surface area contributed by atoms with Gasteiger partial charge in [-0.1, -0.05) is 6.07 Å². The predicted octanol–water partition coefficient (Wildman–Crippen LogP) is 1.49. The minimum absolute atomic E-state index is 0.0336. The number of hydrogen-bond donors (Lipinski definition) is 2. The summed E-state index contributed by atoms with van der Waals surface area (Å²) in [6, 6.07) is 3.96. The Morgan fingerprint density at radius 1 is 1.55 bits per heavy atom. The van der Waals surface area contributed by atoms with E-state index in [-0.39, 0.29) is 36.3 Å². The summed E-state index contributed by atoms with van der Waals surface area (Å²) < 4.78 is 5.24. The minimum Gasteiger partial charge on any atom is -0.487 e. The fourth-order valence-electron chi connectivity index (χ4n) is 1.71. The maximum atomic E-state index is 12.1. The molecule has 0 bridgehead atoms. The molecule has 0 saturated carbocycles. The SMILES string of the molecule is CCOc1c(C(=O)NC(C)CCO)cccc1[N+](=O)[O-]. The Kier molecular flexibility index (Phi) is 5.92. The molecule has 0 radical (unpaired) electrons. The Balaban J connectivity index is 3.07. The lowest BCUT2D eigenvalue weighted by Crippen LogP contribution is -2.33. The van der Waals surface area contributed by atoms with Crippen LogP contribution in [0.4, 0.5) is 5.69 Å². The third kappa shape index (κ3) is 3.92. The molecule has 20 heavy (non-hydrogen) atoms. The number of nitro benzene ring substituents is 1. The molecule has 0 aliphatic rings. The Morgan fingerprint density at radius 2 is 2.25 bits per heavy atom. The number of aliphatic hydroxyl groups excluding tert-OH is 1. The monoisotopic (exact) mass is 282 g/mol. The van der Waals surface area contributed by atoms with Gasteiger partial charge in [0, 0.05) is 18.7 Å². The number of rotatable bonds is 7. The van der Waals surface area contributed by atoms with Crippen LogP contribution in [0.5, 0.6) is 5.75 Å². The van der Waals surface area contributed by atoms with Gasteiger partial charge in [0.05, 0.1) is 17.1 Å². The molecule has 1 atom stereocenters. The Bertz CT molecular complexity index is 490. The van der Waals surface area contributed by atoms with E-state index in [1.807, 2.05) is 0 Å². The van der Waals surface area contributed by atoms with Crippen LogP contribution in [0.3, 0.4) is 0 Å². The second kappa shape index (κ2) is 7.44. The van der Waals surface area contributed by atoms with Crippen molar-refractivity contribution in [1.29, 1.82) is 0 Å². The average molecular weight is 282 g/mol. The van der Waals surface area contributed by atoms with Gasteiger partial charge in [0.2, 0.25) is 5.75 Å². The van der Waals surface area contributed by atoms with E-state index >= 15 is 0 Å². The fourth-order valence-corrected chi connectivity index (χ4v) is 1.71. The summed E-state index contributed by atoms with van der Waals surface area (Å²) in [5.41, 5.74) is -0.125. The van der Waals surface area contributed by atoms with Gasteiger partial charge < -0.3 is 15.2 Å². The van der Waals surface area contributed by atoms with Crippen LogP contribution in [0.2, 0.25) is 0 Å². The average Bonchev–Trinajstić information content (AvgIpc) is 2.39. The highest BCUT2D eigenvalue weighted by molar-refractivity contribution is 5.98. The van der Waals surface area contributed by atoms with Gasteiger partial charge in [-0.25, -0.2) is 0 Å². The van der Waals surface area contributed by atoms with Crippen molar-refractivity contribution in [1.82, 2.24) is 5.32 Å². The highest BCUT2D eigenvalue weighted by atomic mass is 16.6. The molecule has 0 heterocycles. The van der Waals surface area contributed by atoms with Gasteiger partial charge >= 0.3 is 5.69 Å². The first-order valence-electron chi connectivity index (χ1n) is 6.33. The van der Waals surface area contributed by atoms with Crippen LogP contribution in [0.1, 0.15) is 30.6 Å². The van der Waals surface area contributed by atoms with Crippen molar-refractivity contribution in [2.24, 2.45) is 0 Å².